The Bertz CT molecular complexity index is 1270. The van der Waals surface area contributed by atoms with E-state index >= 15 is 0 Å². The maximum absolute atomic E-state index is 13.1. The first kappa shape index (κ1) is 38.1. The number of unbranched alkanes of at least 4 members (excludes halogenated alkanes) is 7. The Morgan fingerprint density at radius 3 is 1.54 bits per heavy atom. The van der Waals surface area contributed by atoms with E-state index in [0.717, 1.165) is 68.9 Å². The van der Waals surface area contributed by atoms with Gasteiger partial charge >= 0.3 is 0 Å². The molecule has 0 heterocycles. The zero-order valence-electron chi connectivity index (χ0n) is 27.9. The molecule has 1 atom stereocenters. The molecule has 0 saturated carbocycles. The molecule has 0 aliphatic carbocycles. The Hall–Kier alpha value is -4.08. The molecule has 10 nitrogen and oxygen atoms in total. The number of phenols is 2. The van der Waals surface area contributed by atoms with Crippen LogP contribution in [0.25, 0.3) is 0 Å². The Morgan fingerprint density at radius 1 is 0.587 bits per heavy atom. The number of carbonyl (C=O) groups excluding carboxylic acids is 4. The van der Waals surface area contributed by atoms with Gasteiger partial charge in [-0.3, -0.25) is 40.9 Å². The number of hydrogen-bond acceptors (Lipinski definition) is 6. The van der Waals surface area contributed by atoms with Crippen LogP contribution in [0.15, 0.2) is 36.4 Å². The number of hydrogen-bond donors (Lipinski definition) is 6. The van der Waals surface area contributed by atoms with E-state index < -0.39 is 11.8 Å². The fraction of sp³-hybridized carbons (Fsp3) is 0.556. The topological polar surface area (TPSA) is 157 Å². The third kappa shape index (κ3) is 13.1. The second kappa shape index (κ2) is 21.6. The lowest BCUT2D eigenvalue weighted by Gasteiger charge is -2.18. The summed E-state index contributed by atoms with van der Waals surface area (Å²) in [5.41, 5.74) is 11.7. The predicted molar refractivity (Wildman–Crippen MR) is 180 cm³/mol. The largest absolute Gasteiger partial charge is 0.507 e. The Kier molecular flexibility index (Phi) is 17.9. The summed E-state index contributed by atoms with van der Waals surface area (Å²) >= 11 is 0. The number of hydrazine groups is 2. The molecule has 0 aromatic heterocycles. The quantitative estimate of drug-likeness (QED) is 0.0714. The first-order chi connectivity index (χ1) is 22.2. The minimum absolute atomic E-state index is 0.123. The molecule has 2 rings (SSSR count). The first-order valence-corrected chi connectivity index (χ1v) is 17.0. The van der Waals surface area contributed by atoms with Gasteiger partial charge in [0.25, 0.3) is 11.8 Å². The minimum Gasteiger partial charge on any atom is -0.507 e. The summed E-state index contributed by atoms with van der Waals surface area (Å²) in [6.07, 6.45) is 12.5. The molecule has 0 spiro atoms. The van der Waals surface area contributed by atoms with Crippen LogP contribution in [0.3, 0.4) is 0 Å². The Morgan fingerprint density at radius 2 is 1.04 bits per heavy atom. The van der Waals surface area contributed by atoms with Crippen molar-refractivity contribution in [1.29, 1.82) is 0 Å². The van der Waals surface area contributed by atoms with Gasteiger partial charge in [0.2, 0.25) is 11.8 Å². The van der Waals surface area contributed by atoms with Crippen LogP contribution in [0.4, 0.5) is 0 Å². The van der Waals surface area contributed by atoms with Crippen molar-refractivity contribution in [1.82, 2.24) is 21.7 Å². The lowest BCUT2D eigenvalue weighted by Crippen LogP contribution is -2.45. The van der Waals surface area contributed by atoms with Gasteiger partial charge in [-0.2, -0.15) is 0 Å². The lowest BCUT2D eigenvalue weighted by molar-refractivity contribution is -0.126. The van der Waals surface area contributed by atoms with Gasteiger partial charge in [-0.15, -0.1) is 0 Å². The molecule has 4 amide bonds. The normalized spacial score (nSPS) is 11.5. The van der Waals surface area contributed by atoms with Gasteiger partial charge in [-0.05, 0) is 68.2 Å². The van der Waals surface area contributed by atoms with Crippen LogP contribution in [0.2, 0.25) is 0 Å². The second-order valence-corrected chi connectivity index (χ2v) is 11.9. The number of benzene rings is 2. The number of aryl methyl sites for hydroxylation is 2. The summed E-state index contributed by atoms with van der Waals surface area (Å²) in [4.78, 5) is 51.3. The maximum atomic E-state index is 13.1. The lowest BCUT2D eigenvalue weighted by atomic mass is 9.94. The van der Waals surface area contributed by atoms with Crippen molar-refractivity contribution in [3.8, 4) is 11.5 Å². The minimum atomic E-state index is -0.565. The molecule has 10 heteroatoms. The number of rotatable bonds is 20. The molecule has 6 N–H and O–H groups in total. The molecule has 0 aliphatic heterocycles. The van der Waals surface area contributed by atoms with E-state index in [-0.39, 0.29) is 46.8 Å². The number of nitrogens with one attached hydrogen (secondary N) is 4. The van der Waals surface area contributed by atoms with Crippen molar-refractivity contribution in [2.24, 2.45) is 5.92 Å². The zero-order valence-corrected chi connectivity index (χ0v) is 27.9. The van der Waals surface area contributed by atoms with Gasteiger partial charge < -0.3 is 10.2 Å². The van der Waals surface area contributed by atoms with Gasteiger partial charge in [-0.1, -0.05) is 96.4 Å². The summed E-state index contributed by atoms with van der Waals surface area (Å²) in [7, 11) is 0. The van der Waals surface area contributed by atoms with Crippen LogP contribution in [-0.4, -0.2) is 33.8 Å². The van der Waals surface area contributed by atoms with Crippen molar-refractivity contribution in [3.63, 3.8) is 0 Å². The van der Waals surface area contributed by atoms with Gasteiger partial charge in [0.15, 0.2) is 0 Å². The molecule has 0 aliphatic rings. The monoisotopic (exact) mass is 638 g/mol. The highest BCUT2D eigenvalue weighted by molar-refractivity contribution is 6.00. The number of carbonyl (C=O) groups is 4. The highest BCUT2D eigenvalue weighted by Crippen LogP contribution is 2.24. The van der Waals surface area contributed by atoms with Crippen molar-refractivity contribution in [3.05, 3.63) is 58.7 Å². The fourth-order valence-corrected chi connectivity index (χ4v) is 5.50. The SMILES string of the molecule is CCCCCc1cccc(O)c1C(=O)NNC(=O)CCCCC(CCCCC)C(=O)NNC(=O)c1c(O)cccc1CCCCC. The van der Waals surface area contributed by atoms with E-state index in [4.69, 9.17) is 0 Å². The number of amides is 4. The standard InChI is InChI=1S/C36H54N4O6/c1-4-7-10-17-26-21-15-23-29(41)32(26)35(45)39-37-31(43)25-14-13-20-28(19-12-9-6-3)34(44)38-40-36(46)33-27(18-11-8-5-2)22-16-24-30(33)42/h15-16,21-24,28,41-42H,4-14,17-20,25H2,1-3H3,(H,37,43)(H,38,44)(H,39,45)(H,40,46). The molecule has 0 saturated heterocycles. The highest BCUT2D eigenvalue weighted by atomic mass is 16.3. The maximum Gasteiger partial charge on any atom is 0.273 e. The van der Waals surface area contributed by atoms with E-state index in [9.17, 15) is 29.4 Å². The molecule has 2 aromatic rings. The molecule has 0 bridgehead atoms. The van der Waals surface area contributed by atoms with Crippen LogP contribution in [0.5, 0.6) is 11.5 Å². The van der Waals surface area contributed by atoms with Crippen LogP contribution in [-0.2, 0) is 22.4 Å². The van der Waals surface area contributed by atoms with Gasteiger partial charge in [0, 0.05) is 12.3 Å². The number of aromatic hydroxyl groups is 2. The van der Waals surface area contributed by atoms with Crippen LogP contribution < -0.4 is 21.7 Å². The number of phenolic OH excluding ortho intramolecular Hbond substituents is 2. The van der Waals surface area contributed by atoms with Crippen molar-refractivity contribution < 1.29 is 29.4 Å². The van der Waals surface area contributed by atoms with Crippen molar-refractivity contribution in [2.75, 3.05) is 0 Å². The fourth-order valence-electron chi connectivity index (χ4n) is 5.50. The summed E-state index contributed by atoms with van der Waals surface area (Å²) in [6, 6.07) is 9.96. The first-order valence-electron chi connectivity index (χ1n) is 17.0. The van der Waals surface area contributed by atoms with Gasteiger partial charge in [-0.25, -0.2) is 0 Å². The molecular weight excluding hydrogens is 584 g/mol. The molecule has 2 aromatic carbocycles. The average molecular weight is 639 g/mol. The van der Waals surface area contributed by atoms with Crippen LogP contribution >= 0.6 is 0 Å². The van der Waals surface area contributed by atoms with Crippen molar-refractivity contribution >= 4 is 23.6 Å². The van der Waals surface area contributed by atoms with E-state index in [1.54, 1.807) is 12.1 Å². The van der Waals surface area contributed by atoms with Crippen LogP contribution in [0, 0.1) is 5.92 Å². The smallest absolute Gasteiger partial charge is 0.273 e. The van der Waals surface area contributed by atoms with E-state index in [1.165, 1.54) is 12.1 Å². The Labute approximate surface area is 274 Å². The third-order valence-corrected chi connectivity index (χ3v) is 8.16. The predicted octanol–water partition coefficient (Wildman–Crippen LogP) is 6.54. The van der Waals surface area contributed by atoms with Gasteiger partial charge in [0.1, 0.15) is 11.5 Å². The molecular formula is C36H54N4O6. The highest BCUT2D eigenvalue weighted by Gasteiger charge is 2.21. The molecule has 46 heavy (non-hydrogen) atoms. The second-order valence-electron chi connectivity index (χ2n) is 11.9. The van der Waals surface area contributed by atoms with E-state index in [0.29, 0.717) is 38.5 Å². The third-order valence-electron chi connectivity index (χ3n) is 8.16. The Balaban J connectivity index is 1.86. The van der Waals surface area contributed by atoms with E-state index in [1.807, 2.05) is 12.1 Å². The zero-order chi connectivity index (χ0) is 33.7. The molecule has 254 valence electrons. The average Bonchev–Trinajstić information content (AvgIpc) is 3.04. The summed E-state index contributed by atoms with van der Waals surface area (Å²) < 4.78 is 0. The summed E-state index contributed by atoms with van der Waals surface area (Å²) in [5.74, 6) is -2.39. The van der Waals surface area contributed by atoms with E-state index in [2.05, 4.69) is 42.5 Å². The molecule has 0 radical (unpaired) electrons. The molecule has 0 fully saturated rings. The van der Waals surface area contributed by atoms with Crippen molar-refractivity contribution in [2.45, 2.75) is 124 Å². The summed E-state index contributed by atoms with van der Waals surface area (Å²) in [5, 5.41) is 20.7. The summed E-state index contributed by atoms with van der Waals surface area (Å²) in [6.45, 7) is 6.28. The van der Waals surface area contributed by atoms with Gasteiger partial charge in [0.05, 0.1) is 11.1 Å². The van der Waals surface area contributed by atoms with Crippen LogP contribution in [0.1, 0.15) is 143 Å². The molecule has 1 unspecified atom stereocenters.